The van der Waals surface area contributed by atoms with Gasteiger partial charge in [0, 0.05) is 10.6 Å². The molecule has 0 unspecified atom stereocenters. The van der Waals surface area contributed by atoms with Gasteiger partial charge in [0.05, 0.1) is 15.7 Å². The van der Waals surface area contributed by atoms with Crippen molar-refractivity contribution in [3.05, 3.63) is 56.0 Å². The zero-order valence-electron chi connectivity index (χ0n) is 14.1. The van der Waals surface area contributed by atoms with Gasteiger partial charge >= 0.3 is 0 Å². The molecule has 0 saturated carbocycles. The second-order valence-corrected chi connectivity index (χ2v) is 7.45. The third-order valence-corrected chi connectivity index (χ3v) is 4.56. The molecule has 2 rings (SSSR count). The summed E-state index contributed by atoms with van der Waals surface area (Å²) in [6.07, 6.45) is 1.25. The molecule has 0 aliphatic heterocycles. The van der Waals surface area contributed by atoms with Crippen LogP contribution < -0.4 is 10.2 Å². The molecule has 0 saturated heterocycles. The van der Waals surface area contributed by atoms with E-state index in [-0.39, 0.29) is 22.9 Å². The molecular weight excluding hydrogens is 443 g/mol. The van der Waals surface area contributed by atoms with Gasteiger partial charge in [-0.05, 0) is 51.7 Å². The van der Waals surface area contributed by atoms with Gasteiger partial charge in [-0.3, -0.25) is 4.79 Å². The average molecular weight is 460 g/mol. The number of phenols is 1. The molecule has 2 N–H and O–H groups in total. The number of nitrogens with one attached hydrogen (secondary N) is 1. The van der Waals surface area contributed by atoms with Crippen molar-refractivity contribution < 1.29 is 14.6 Å². The Kier molecular flexibility index (Phi) is 7.32. The molecule has 1 amide bonds. The Balaban J connectivity index is 1.92. The van der Waals surface area contributed by atoms with E-state index in [1.165, 1.54) is 23.9 Å². The zero-order chi connectivity index (χ0) is 19.3. The number of aromatic hydroxyl groups is 1. The van der Waals surface area contributed by atoms with Crippen molar-refractivity contribution in [3.8, 4) is 11.5 Å². The number of carbonyl (C=O) groups is 1. The quantitative estimate of drug-likeness (QED) is 0.465. The van der Waals surface area contributed by atoms with E-state index < -0.39 is 5.91 Å². The third kappa shape index (κ3) is 5.62. The van der Waals surface area contributed by atoms with E-state index in [0.717, 1.165) is 4.47 Å². The molecule has 0 atom stereocenters. The molecule has 26 heavy (non-hydrogen) atoms. The van der Waals surface area contributed by atoms with Crippen LogP contribution in [-0.4, -0.2) is 23.8 Å². The Labute approximate surface area is 170 Å². The summed E-state index contributed by atoms with van der Waals surface area (Å²) in [6.45, 7) is 3.98. The lowest BCUT2D eigenvalue weighted by molar-refractivity contribution is -0.123. The fourth-order valence-corrected chi connectivity index (χ4v) is 3.05. The SMILES string of the molecule is CC(C)c1ccc(OCC(=O)N/N=C/c2cc(Cl)cc(Cl)c2O)c(Br)c1. The van der Waals surface area contributed by atoms with Crippen LogP contribution in [0.4, 0.5) is 0 Å². The van der Waals surface area contributed by atoms with Gasteiger partial charge in [-0.1, -0.05) is 43.1 Å². The first-order valence-corrected chi connectivity index (χ1v) is 9.25. The van der Waals surface area contributed by atoms with Crippen LogP contribution >= 0.6 is 39.1 Å². The monoisotopic (exact) mass is 458 g/mol. The van der Waals surface area contributed by atoms with Gasteiger partial charge in [0.25, 0.3) is 5.91 Å². The van der Waals surface area contributed by atoms with Gasteiger partial charge in [-0.25, -0.2) is 5.43 Å². The van der Waals surface area contributed by atoms with Crippen molar-refractivity contribution in [2.75, 3.05) is 6.61 Å². The molecule has 8 heteroatoms. The van der Waals surface area contributed by atoms with Gasteiger partial charge in [-0.2, -0.15) is 5.10 Å². The van der Waals surface area contributed by atoms with Crippen LogP contribution in [-0.2, 0) is 4.79 Å². The van der Waals surface area contributed by atoms with Crippen LogP contribution in [0.15, 0.2) is 39.9 Å². The number of halogens is 3. The number of nitrogens with zero attached hydrogens (tertiary/aromatic N) is 1. The predicted molar refractivity (Wildman–Crippen MR) is 108 cm³/mol. The summed E-state index contributed by atoms with van der Waals surface area (Å²) in [7, 11) is 0. The van der Waals surface area contributed by atoms with Crippen molar-refractivity contribution in [1.82, 2.24) is 5.43 Å². The summed E-state index contributed by atoms with van der Waals surface area (Å²) < 4.78 is 6.25. The molecule has 0 aliphatic carbocycles. The number of carbonyl (C=O) groups excluding carboxylic acids is 1. The van der Waals surface area contributed by atoms with Gasteiger partial charge in [0.1, 0.15) is 11.5 Å². The minimum Gasteiger partial charge on any atom is -0.506 e. The van der Waals surface area contributed by atoms with Gasteiger partial charge in [0.15, 0.2) is 6.61 Å². The molecular formula is C18H17BrCl2N2O3. The van der Waals surface area contributed by atoms with Crippen LogP contribution in [0, 0.1) is 0 Å². The third-order valence-electron chi connectivity index (χ3n) is 3.43. The Hall–Kier alpha value is -1.76. The number of amides is 1. The van der Waals surface area contributed by atoms with E-state index in [0.29, 0.717) is 16.7 Å². The summed E-state index contributed by atoms with van der Waals surface area (Å²) in [5.74, 6) is 0.343. The molecule has 0 heterocycles. The van der Waals surface area contributed by atoms with Crippen LogP contribution in [0.3, 0.4) is 0 Å². The smallest absolute Gasteiger partial charge is 0.277 e. The maximum absolute atomic E-state index is 11.8. The average Bonchev–Trinajstić information content (AvgIpc) is 2.57. The molecule has 0 spiro atoms. The lowest BCUT2D eigenvalue weighted by atomic mass is 10.0. The van der Waals surface area contributed by atoms with Gasteiger partial charge < -0.3 is 9.84 Å². The Morgan fingerprint density at radius 1 is 1.35 bits per heavy atom. The normalized spacial score (nSPS) is 11.2. The first-order chi connectivity index (χ1) is 12.3. The summed E-state index contributed by atoms with van der Waals surface area (Å²) in [6, 6.07) is 8.60. The molecule has 5 nitrogen and oxygen atoms in total. The lowest BCUT2D eigenvalue weighted by Gasteiger charge is -2.10. The van der Waals surface area contributed by atoms with Crippen molar-refractivity contribution in [2.45, 2.75) is 19.8 Å². The minimum atomic E-state index is -0.450. The largest absolute Gasteiger partial charge is 0.506 e. The van der Waals surface area contributed by atoms with Gasteiger partial charge in [0.2, 0.25) is 0 Å². The lowest BCUT2D eigenvalue weighted by Crippen LogP contribution is -2.24. The number of rotatable bonds is 6. The maximum atomic E-state index is 11.8. The molecule has 0 fully saturated rings. The fraction of sp³-hybridized carbons (Fsp3) is 0.222. The van der Waals surface area contributed by atoms with E-state index in [9.17, 15) is 9.90 Å². The highest BCUT2D eigenvalue weighted by atomic mass is 79.9. The van der Waals surface area contributed by atoms with Crippen molar-refractivity contribution in [3.63, 3.8) is 0 Å². The maximum Gasteiger partial charge on any atom is 0.277 e. The molecule has 0 aromatic heterocycles. The van der Waals surface area contributed by atoms with Crippen LogP contribution in [0.25, 0.3) is 0 Å². The van der Waals surface area contributed by atoms with E-state index in [2.05, 4.69) is 40.3 Å². The van der Waals surface area contributed by atoms with Crippen LogP contribution in [0.1, 0.15) is 30.9 Å². The standard InChI is InChI=1S/C18H17BrCl2N2O3/c1-10(2)11-3-4-16(14(19)6-11)26-9-17(24)23-22-8-12-5-13(20)7-15(21)18(12)25/h3-8,10,25H,9H2,1-2H3,(H,23,24)/b22-8+. The minimum absolute atomic E-state index is 0.100. The number of benzene rings is 2. The molecule has 138 valence electrons. The zero-order valence-corrected chi connectivity index (χ0v) is 17.2. The fourth-order valence-electron chi connectivity index (χ4n) is 2.03. The number of hydrazone groups is 1. The van der Waals surface area contributed by atoms with E-state index in [4.69, 9.17) is 27.9 Å². The molecule has 0 radical (unpaired) electrons. The van der Waals surface area contributed by atoms with Crippen LogP contribution in [0.2, 0.25) is 10.0 Å². The van der Waals surface area contributed by atoms with Crippen molar-refractivity contribution in [1.29, 1.82) is 0 Å². The van der Waals surface area contributed by atoms with Gasteiger partial charge in [-0.15, -0.1) is 0 Å². The molecule has 0 bridgehead atoms. The summed E-state index contributed by atoms with van der Waals surface area (Å²) in [4.78, 5) is 11.8. The Morgan fingerprint density at radius 3 is 2.73 bits per heavy atom. The van der Waals surface area contributed by atoms with E-state index >= 15 is 0 Å². The van der Waals surface area contributed by atoms with E-state index in [1.807, 2.05) is 18.2 Å². The summed E-state index contributed by atoms with van der Waals surface area (Å²) in [5.41, 5.74) is 3.76. The second-order valence-electron chi connectivity index (χ2n) is 5.75. The highest BCUT2D eigenvalue weighted by Gasteiger charge is 2.09. The second kappa shape index (κ2) is 9.26. The summed E-state index contributed by atoms with van der Waals surface area (Å²) in [5, 5.41) is 14.0. The topological polar surface area (TPSA) is 70.9 Å². The predicted octanol–water partition coefficient (Wildman–Crippen LogP) is 5.11. The number of hydrogen-bond donors (Lipinski definition) is 2. The summed E-state index contributed by atoms with van der Waals surface area (Å²) >= 11 is 15.1. The number of phenolic OH excluding ortho intramolecular Hbond substituents is 1. The number of hydrogen-bond acceptors (Lipinski definition) is 4. The molecule has 2 aromatic rings. The Morgan fingerprint density at radius 2 is 2.08 bits per heavy atom. The number of ether oxygens (including phenoxy) is 1. The van der Waals surface area contributed by atoms with Crippen LogP contribution in [0.5, 0.6) is 11.5 Å². The van der Waals surface area contributed by atoms with E-state index in [1.54, 1.807) is 0 Å². The molecule has 0 aliphatic rings. The van der Waals surface area contributed by atoms with Crippen molar-refractivity contribution >= 4 is 51.3 Å². The first kappa shape index (κ1) is 20.6. The van der Waals surface area contributed by atoms with Crippen molar-refractivity contribution in [2.24, 2.45) is 5.10 Å². The molecule has 2 aromatic carbocycles. The first-order valence-electron chi connectivity index (χ1n) is 7.70. The Bertz CT molecular complexity index is 841. The highest BCUT2D eigenvalue weighted by molar-refractivity contribution is 9.10. The highest BCUT2D eigenvalue weighted by Crippen LogP contribution is 2.30.